The summed E-state index contributed by atoms with van der Waals surface area (Å²) >= 11 is 0. The molecule has 2 aromatic heterocycles. The number of alkyl halides is 1. The lowest BCUT2D eigenvalue weighted by Crippen LogP contribution is -2.43. The lowest BCUT2D eigenvalue weighted by molar-refractivity contribution is 0.0257. The zero-order valence-electron chi connectivity index (χ0n) is 31.4. The Kier molecular flexibility index (Phi) is 12.7. The number of aromatic nitrogens is 3. The molecule has 2 aromatic carbocycles. The number of fused-ring (bicyclic) bond motifs is 3. The summed E-state index contributed by atoms with van der Waals surface area (Å²) in [6.45, 7) is 4.59. The number of nitrogens with one attached hydrogen (secondary N) is 2. The van der Waals surface area contributed by atoms with E-state index < -0.39 is 29.4 Å². The number of hydrogen-bond donors (Lipinski definition) is 2. The van der Waals surface area contributed by atoms with Crippen molar-refractivity contribution in [1.82, 2.24) is 30.6 Å². The fraction of sp³-hybridized carbons (Fsp3) is 0.500. The molecule has 298 valence electrons. The Morgan fingerprint density at radius 1 is 1.07 bits per heavy atom. The van der Waals surface area contributed by atoms with E-state index in [0.717, 1.165) is 38.6 Å². The Morgan fingerprint density at radius 2 is 1.91 bits per heavy atom. The fourth-order valence-electron chi connectivity index (χ4n) is 7.81. The van der Waals surface area contributed by atoms with E-state index in [9.17, 15) is 9.18 Å². The van der Waals surface area contributed by atoms with Gasteiger partial charge in [-0.3, -0.25) is 14.9 Å². The molecule has 3 fully saturated rings. The van der Waals surface area contributed by atoms with Gasteiger partial charge in [0, 0.05) is 56.9 Å². The molecular weight excluding hydrogens is 731 g/mol. The van der Waals surface area contributed by atoms with Crippen molar-refractivity contribution in [2.45, 2.75) is 50.2 Å². The summed E-state index contributed by atoms with van der Waals surface area (Å²) in [5.74, 6) is 1.29. The molecule has 3 saturated heterocycles. The maximum atomic E-state index is 17.2. The van der Waals surface area contributed by atoms with Crippen LogP contribution < -0.4 is 25.2 Å². The van der Waals surface area contributed by atoms with Crippen LogP contribution in [0.4, 0.5) is 23.8 Å². The van der Waals surface area contributed by atoms with Crippen LogP contribution in [-0.2, 0) is 14.2 Å². The number of carbonyl (C=O) groups excluding carboxylic acids is 1. The second-order valence-corrected chi connectivity index (χ2v) is 14.2. The standard InChI is InChI=1S/C40H46F3N7O6/c1-3-29-32(42)9-8-26-20-28(56-39(51)44-12-15-53-18-19-54-17-16-52-2)21-30(33(26)29)35-34(43)36-31(23-45-35)37(50-14-6-4-5-11-46-50)48-38(47-36)55-25-40-10-7-13-49(40)24-27(41)22-40/h1,8-9,20-21,23,27,46H,4-7,10-19,22,24-25H2,2H3,(H,44,51)/t27-,40+/m1/s1. The van der Waals surface area contributed by atoms with Crippen molar-refractivity contribution in [2.24, 2.45) is 0 Å². The van der Waals surface area contributed by atoms with Gasteiger partial charge in [0.05, 0.1) is 49.5 Å². The molecule has 56 heavy (non-hydrogen) atoms. The van der Waals surface area contributed by atoms with E-state index in [0.29, 0.717) is 69.1 Å². The predicted molar refractivity (Wildman–Crippen MR) is 203 cm³/mol. The molecule has 1 amide bonds. The number of terminal acetylenes is 1. The lowest BCUT2D eigenvalue weighted by atomic mass is 9.95. The van der Waals surface area contributed by atoms with Gasteiger partial charge in [0.15, 0.2) is 11.6 Å². The van der Waals surface area contributed by atoms with Gasteiger partial charge < -0.3 is 29.0 Å². The Bertz CT molecular complexity index is 2080. The van der Waals surface area contributed by atoms with E-state index >= 15 is 8.78 Å². The largest absolute Gasteiger partial charge is 0.461 e. The minimum atomic E-state index is -0.950. The number of pyridine rings is 1. The highest BCUT2D eigenvalue weighted by Crippen LogP contribution is 2.42. The maximum Gasteiger partial charge on any atom is 0.412 e. The molecular formula is C40H46F3N7O6. The van der Waals surface area contributed by atoms with Crippen LogP contribution in [0.15, 0.2) is 30.5 Å². The third-order valence-corrected chi connectivity index (χ3v) is 10.5. The second-order valence-electron chi connectivity index (χ2n) is 14.2. The second kappa shape index (κ2) is 18.0. The zero-order valence-corrected chi connectivity index (χ0v) is 31.4. The van der Waals surface area contributed by atoms with Crippen LogP contribution in [0.3, 0.4) is 0 Å². The Hall–Kier alpha value is -4.79. The predicted octanol–water partition coefficient (Wildman–Crippen LogP) is 5.32. The number of halogens is 3. The fourth-order valence-corrected chi connectivity index (χ4v) is 7.81. The Morgan fingerprint density at radius 3 is 2.75 bits per heavy atom. The number of hydrogen-bond acceptors (Lipinski definition) is 12. The zero-order chi connectivity index (χ0) is 39.1. The van der Waals surface area contributed by atoms with Gasteiger partial charge in [-0.15, -0.1) is 6.42 Å². The van der Waals surface area contributed by atoms with Crippen LogP contribution in [0.5, 0.6) is 11.8 Å². The van der Waals surface area contributed by atoms with Gasteiger partial charge in [-0.05, 0) is 55.8 Å². The number of anilines is 1. The number of methoxy groups -OCH3 is 1. The van der Waals surface area contributed by atoms with Crippen LogP contribution in [-0.4, -0.2) is 117 Å². The topological polar surface area (TPSA) is 132 Å². The number of rotatable bonds is 15. The quantitative estimate of drug-likeness (QED) is 0.120. The number of benzene rings is 2. The van der Waals surface area contributed by atoms with E-state index in [1.54, 1.807) is 7.11 Å². The smallest absolute Gasteiger partial charge is 0.412 e. The molecule has 0 spiro atoms. The molecule has 5 heterocycles. The van der Waals surface area contributed by atoms with E-state index in [1.165, 1.54) is 30.5 Å². The molecule has 0 bridgehead atoms. The van der Waals surface area contributed by atoms with Gasteiger partial charge in [0.2, 0.25) is 0 Å². The first-order valence-electron chi connectivity index (χ1n) is 19.0. The van der Waals surface area contributed by atoms with Crippen LogP contribution in [0.2, 0.25) is 0 Å². The lowest BCUT2D eigenvalue weighted by Gasteiger charge is -2.31. The van der Waals surface area contributed by atoms with Crippen molar-refractivity contribution in [2.75, 3.05) is 84.5 Å². The van der Waals surface area contributed by atoms with Gasteiger partial charge >= 0.3 is 12.1 Å². The first kappa shape index (κ1) is 39.4. The average molecular weight is 778 g/mol. The number of amides is 1. The molecule has 3 aliphatic heterocycles. The van der Waals surface area contributed by atoms with Gasteiger partial charge in [0.1, 0.15) is 35.6 Å². The normalized spacial score (nSPS) is 19.9. The summed E-state index contributed by atoms with van der Waals surface area (Å²) in [5, 5.41) is 5.39. The van der Waals surface area contributed by atoms with Crippen LogP contribution in [0.1, 0.15) is 44.1 Å². The van der Waals surface area contributed by atoms with Crippen LogP contribution in [0, 0.1) is 24.0 Å². The number of ether oxygens (including phenoxy) is 5. The number of hydrazine groups is 1. The van der Waals surface area contributed by atoms with Crippen molar-refractivity contribution < 1.29 is 41.7 Å². The Balaban J connectivity index is 1.21. The highest BCUT2D eigenvalue weighted by Gasteiger charge is 2.49. The molecule has 4 aromatic rings. The molecule has 3 aliphatic rings. The molecule has 16 heteroatoms. The maximum absolute atomic E-state index is 17.2. The van der Waals surface area contributed by atoms with Crippen LogP contribution >= 0.6 is 0 Å². The van der Waals surface area contributed by atoms with Gasteiger partial charge in [0.25, 0.3) is 0 Å². The molecule has 0 unspecified atom stereocenters. The average Bonchev–Trinajstić information content (AvgIpc) is 3.57. The molecule has 0 saturated carbocycles. The summed E-state index contributed by atoms with van der Waals surface area (Å²) in [6.07, 6.45) is 10.4. The first-order chi connectivity index (χ1) is 27.3. The molecule has 2 N–H and O–H groups in total. The van der Waals surface area contributed by atoms with Gasteiger partial charge in [-0.25, -0.2) is 23.4 Å². The molecule has 0 radical (unpaired) electrons. The van der Waals surface area contributed by atoms with Crippen molar-refractivity contribution in [1.29, 1.82) is 0 Å². The van der Waals surface area contributed by atoms with E-state index in [-0.39, 0.29) is 59.2 Å². The minimum Gasteiger partial charge on any atom is -0.461 e. The highest BCUT2D eigenvalue weighted by molar-refractivity contribution is 6.03. The number of carbonyl (C=O) groups is 1. The highest BCUT2D eigenvalue weighted by atomic mass is 19.1. The monoisotopic (exact) mass is 777 g/mol. The van der Waals surface area contributed by atoms with Crippen LogP contribution in [0.25, 0.3) is 32.9 Å². The van der Waals surface area contributed by atoms with Crippen molar-refractivity contribution in [3.63, 3.8) is 0 Å². The van der Waals surface area contributed by atoms with E-state index in [2.05, 4.69) is 31.5 Å². The SMILES string of the molecule is C#Cc1c(F)ccc2cc(OC(=O)NCCOCCOCCOC)cc(-c3ncc4c(N5CCCCCN5)nc(OC[C@@]56CCCN5C[C@H](F)C6)nc4c3F)c12. The van der Waals surface area contributed by atoms with Crippen molar-refractivity contribution >= 4 is 33.6 Å². The third-order valence-electron chi connectivity index (χ3n) is 10.5. The van der Waals surface area contributed by atoms with Crippen molar-refractivity contribution in [3.05, 3.63) is 47.7 Å². The first-order valence-corrected chi connectivity index (χ1v) is 19.0. The van der Waals surface area contributed by atoms with E-state index in [4.69, 9.17) is 35.1 Å². The molecule has 13 nitrogen and oxygen atoms in total. The molecule has 2 atom stereocenters. The third kappa shape index (κ3) is 8.62. The summed E-state index contributed by atoms with van der Waals surface area (Å²) in [7, 11) is 1.59. The molecule has 0 aliphatic carbocycles. The molecule has 7 rings (SSSR count). The van der Waals surface area contributed by atoms with E-state index in [1.807, 2.05) is 5.01 Å². The minimum absolute atomic E-state index is 0.0395. The summed E-state index contributed by atoms with van der Waals surface area (Å²) in [6, 6.07) is 5.51. The van der Waals surface area contributed by atoms with Gasteiger partial charge in [-0.2, -0.15) is 9.97 Å². The number of nitrogens with zero attached hydrogens (tertiary/aromatic N) is 5. The summed E-state index contributed by atoms with van der Waals surface area (Å²) in [5.41, 5.74) is 2.58. The summed E-state index contributed by atoms with van der Waals surface area (Å²) < 4.78 is 74.6. The summed E-state index contributed by atoms with van der Waals surface area (Å²) in [4.78, 5) is 28.8. The Labute approximate surface area is 323 Å². The van der Waals surface area contributed by atoms with Crippen molar-refractivity contribution in [3.8, 4) is 35.4 Å². The van der Waals surface area contributed by atoms with Gasteiger partial charge in [-0.1, -0.05) is 18.4 Å².